The molecule has 4 rings (SSSR count). The molecule has 3 heterocycles. The third kappa shape index (κ3) is 2.77. The molecule has 0 N–H and O–H groups in total. The molecule has 1 aliphatic heterocycles. The molecular formula is C17H23N5O2S. The van der Waals surface area contributed by atoms with Gasteiger partial charge in [-0.05, 0) is 30.4 Å². The fraction of sp³-hybridized carbons (Fsp3) is 0.588. The molecule has 0 radical (unpaired) electrons. The minimum Gasteiger partial charge on any atom is -0.320 e. The lowest BCUT2D eigenvalue weighted by atomic mass is 9.67. The van der Waals surface area contributed by atoms with Gasteiger partial charge in [0.1, 0.15) is 17.0 Å². The molecule has 25 heavy (non-hydrogen) atoms. The fourth-order valence-corrected chi connectivity index (χ4v) is 6.00. The molecule has 2 aromatic heterocycles. The van der Waals surface area contributed by atoms with Gasteiger partial charge in [-0.15, -0.1) is 10.2 Å². The molecule has 2 fully saturated rings. The van der Waals surface area contributed by atoms with E-state index < -0.39 is 10.0 Å². The molecule has 1 atom stereocenters. The maximum Gasteiger partial charge on any atom is 0.244 e. The summed E-state index contributed by atoms with van der Waals surface area (Å²) < 4.78 is 29.8. The van der Waals surface area contributed by atoms with E-state index in [1.165, 1.54) is 12.6 Å². The second-order valence-corrected chi connectivity index (χ2v) is 9.20. The average Bonchev–Trinajstić information content (AvgIpc) is 3.20. The highest BCUT2D eigenvalue weighted by Gasteiger charge is 2.52. The minimum atomic E-state index is -3.54. The van der Waals surface area contributed by atoms with E-state index in [1.54, 1.807) is 29.0 Å². The van der Waals surface area contributed by atoms with Crippen LogP contribution in [0.15, 0.2) is 35.7 Å². The second kappa shape index (κ2) is 6.17. The summed E-state index contributed by atoms with van der Waals surface area (Å²) in [6.07, 6.45) is 10.3. The van der Waals surface area contributed by atoms with E-state index in [4.69, 9.17) is 0 Å². The van der Waals surface area contributed by atoms with Gasteiger partial charge in [0.05, 0.1) is 0 Å². The smallest absolute Gasteiger partial charge is 0.244 e. The van der Waals surface area contributed by atoms with Crippen LogP contribution in [0.5, 0.6) is 0 Å². The van der Waals surface area contributed by atoms with Crippen LogP contribution in [0, 0.1) is 5.41 Å². The van der Waals surface area contributed by atoms with Crippen LogP contribution in [0.2, 0.25) is 0 Å². The van der Waals surface area contributed by atoms with Crippen LogP contribution in [0.1, 0.15) is 43.8 Å². The summed E-state index contributed by atoms with van der Waals surface area (Å²) in [6, 6.07) is 3.28. The predicted octanol–water partition coefficient (Wildman–Crippen LogP) is 1.95. The second-order valence-electron chi connectivity index (χ2n) is 7.26. The van der Waals surface area contributed by atoms with Crippen LogP contribution in [0.4, 0.5) is 0 Å². The van der Waals surface area contributed by atoms with Crippen LogP contribution in [0.3, 0.4) is 0 Å². The van der Waals surface area contributed by atoms with Crippen LogP contribution in [-0.4, -0.2) is 45.6 Å². The number of aryl methyl sites for hydroxylation is 1. The van der Waals surface area contributed by atoms with Gasteiger partial charge in [0, 0.05) is 38.4 Å². The van der Waals surface area contributed by atoms with E-state index in [-0.39, 0.29) is 16.2 Å². The van der Waals surface area contributed by atoms with E-state index in [9.17, 15) is 8.42 Å². The number of hydrogen-bond donors (Lipinski definition) is 0. The van der Waals surface area contributed by atoms with Crippen molar-refractivity contribution in [2.75, 3.05) is 13.1 Å². The van der Waals surface area contributed by atoms with Crippen LogP contribution < -0.4 is 0 Å². The van der Waals surface area contributed by atoms with Gasteiger partial charge in [-0.2, -0.15) is 4.31 Å². The zero-order valence-electron chi connectivity index (χ0n) is 14.4. The number of pyridine rings is 1. The summed E-state index contributed by atoms with van der Waals surface area (Å²) in [4.78, 5) is 4.24. The lowest BCUT2D eigenvalue weighted by Gasteiger charge is -2.37. The predicted molar refractivity (Wildman–Crippen MR) is 92.3 cm³/mol. The molecule has 7 nitrogen and oxygen atoms in total. The van der Waals surface area contributed by atoms with Gasteiger partial charge >= 0.3 is 0 Å². The summed E-state index contributed by atoms with van der Waals surface area (Å²) in [5.74, 6) is 0.984. The number of hydrogen-bond acceptors (Lipinski definition) is 5. The Balaban J connectivity index is 1.72. The van der Waals surface area contributed by atoms with E-state index in [1.807, 2.05) is 11.6 Å². The summed E-state index contributed by atoms with van der Waals surface area (Å²) in [7, 11) is -1.60. The molecule has 1 unspecified atom stereocenters. The Morgan fingerprint density at radius 2 is 2.04 bits per heavy atom. The molecule has 0 aromatic carbocycles. The molecule has 2 aliphatic rings. The first-order valence-electron chi connectivity index (χ1n) is 8.77. The molecular weight excluding hydrogens is 338 g/mol. The topological polar surface area (TPSA) is 81.0 Å². The van der Waals surface area contributed by atoms with Crippen molar-refractivity contribution >= 4 is 10.0 Å². The van der Waals surface area contributed by atoms with Gasteiger partial charge in [0.25, 0.3) is 0 Å². The lowest BCUT2D eigenvalue weighted by molar-refractivity contribution is 0.177. The molecule has 0 bridgehead atoms. The van der Waals surface area contributed by atoms with Gasteiger partial charge in [-0.3, -0.25) is 4.98 Å². The highest BCUT2D eigenvalue weighted by molar-refractivity contribution is 7.89. The van der Waals surface area contributed by atoms with Crippen molar-refractivity contribution in [2.45, 2.75) is 42.9 Å². The maximum atomic E-state index is 13.1. The number of aromatic nitrogens is 4. The summed E-state index contributed by atoms with van der Waals surface area (Å²) >= 11 is 0. The Morgan fingerprint density at radius 3 is 2.68 bits per heavy atom. The average molecular weight is 361 g/mol. The lowest BCUT2D eigenvalue weighted by Crippen LogP contribution is -2.34. The van der Waals surface area contributed by atoms with Crippen molar-refractivity contribution < 1.29 is 8.42 Å². The molecule has 0 amide bonds. The zero-order valence-corrected chi connectivity index (χ0v) is 15.2. The van der Waals surface area contributed by atoms with Crippen molar-refractivity contribution in [3.8, 4) is 0 Å². The SMILES string of the molecule is Cn1cnnc1C1CN(S(=O)(=O)c2cccnc2)CC12CCCCC2. The van der Waals surface area contributed by atoms with Crippen molar-refractivity contribution in [3.05, 3.63) is 36.7 Å². The molecule has 2 aromatic rings. The standard InChI is InChI=1S/C17H23N5O2S/c1-21-13-19-20-16(21)15-11-22(12-17(15)7-3-2-4-8-17)25(23,24)14-6-5-9-18-10-14/h5-6,9-10,13,15H,2-4,7-8,11-12H2,1H3. The van der Waals surface area contributed by atoms with Crippen molar-refractivity contribution in [1.29, 1.82) is 0 Å². The summed E-state index contributed by atoms with van der Waals surface area (Å²) in [5.41, 5.74) is -0.0334. The first-order valence-corrected chi connectivity index (χ1v) is 10.2. The van der Waals surface area contributed by atoms with Gasteiger partial charge in [-0.25, -0.2) is 8.42 Å². The Hall–Kier alpha value is -1.80. The monoisotopic (exact) mass is 361 g/mol. The van der Waals surface area contributed by atoms with Crippen LogP contribution >= 0.6 is 0 Å². The summed E-state index contributed by atoms with van der Waals surface area (Å²) in [5, 5.41) is 8.34. The summed E-state index contributed by atoms with van der Waals surface area (Å²) in [6.45, 7) is 1.02. The van der Waals surface area contributed by atoms with Crippen LogP contribution in [0.25, 0.3) is 0 Å². The molecule has 1 saturated heterocycles. The Morgan fingerprint density at radius 1 is 1.24 bits per heavy atom. The zero-order chi connectivity index (χ0) is 17.5. The molecule has 1 aliphatic carbocycles. The van der Waals surface area contributed by atoms with Crippen molar-refractivity contribution in [3.63, 3.8) is 0 Å². The van der Waals surface area contributed by atoms with E-state index in [2.05, 4.69) is 15.2 Å². The molecule has 1 spiro atoms. The van der Waals surface area contributed by atoms with E-state index in [0.29, 0.717) is 13.1 Å². The van der Waals surface area contributed by atoms with Crippen molar-refractivity contribution in [1.82, 2.24) is 24.1 Å². The number of nitrogens with zero attached hydrogens (tertiary/aromatic N) is 5. The highest BCUT2D eigenvalue weighted by atomic mass is 32.2. The van der Waals surface area contributed by atoms with E-state index in [0.717, 1.165) is 31.5 Å². The van der Waals surface area contributed by atoms with Gasteiger partial charge < -0.3 is 4.57 Å². The maximum absolute atomic E-state index is 13.1. The third-order valence-electron chi connectivity index (χ3n) is 5.80. The van der Waals surface area contributed by atoms with E-state index >= 15 is 0 Å². The normalized spacial score (nSPS) is 24.0. The first-order chi connectivity index (χ1) is 12.0. The van der Waals surface area contributed by atoms with Crippen molar-refractivity contribution in [2.24, 2.45) is 12.5 Å². The minimum absolute atomic E-state index is 0.0334. The third-order valence-corrected chi connectivity index (χ3v) is 7.59. The Bertz CT molecular complexity index is 843. The number of rotatable bonds is 3. The van der Waals surface area contributed by atoms with Gasteiger partial charge in [-0.1, -0.05) is 19.3 Å². The largest absolute Gasteiger partial charge is 0.320 e. The van der Waals surface area contributed by atoms with Gasteiger partial charge in [0.2, 0.25) is 10.0 Å². The molecule has 8 heteroatoms. The highest BCUT2D eigenvalue weighted by Crippen LogP contribution is 2.52. The molecule has 134 valence electrons. The number of sulfonamides is 1. The Labute approximate surface area is 148 Å². The van der Waals surface area contributed by atoms with Gasteiger partial charge in [0.15, 0.2) is 0 Å². The fourth-order valence-electron chi connectivity index (χ4n) is 4.48. The molecule has 1 saturated carbocycles. The first kappa shape index (κ1) is 16.7. The van der Waals surface area contributed by atoms with Crippen LogP contribution in [-0.2, 0) is 17.1 Å². The Kier molecular flexibility index (Phi) is 4.11. The quantitative estimate of drug-likeness (QED) is 0.835.